The van der Waals surface area contributed by atoms with Crippen LogP contribution in [-0.2, 0) is 14.2 Å². The molecule has 0 radical (unpaired) electrons. The number of aliphatic hydroxyl groups is 6. The summed E-state index contributed by atoms with van der Waals surface area (Å²) >= 11 is 0. The highest BCUT2D eigenvalue weighted by Crippen LogP contribution is 2.89. The second-order valence-corrected chi connectivity index (χ2v) is 18.2. The molecule has 5 aliphatic carbocycles. The van der Waals surface area contributed by atoms with Gasteiger partial charge in [0.1, 0.15) is 18.3 Å². The predicted molar refractivity (Wildman–Crippen MR) is 161 cm³/mol. The number of fused-ring (bicyclic) bond motifs is 2. The monoisotopic (exact) mass is 622 g/mol. The van der Waals surface area contributed by atoms with Crippen molar-refractivity contribution in [3.63, 3.8) is 0 Å². The molecule has 5 saturated carbocycles. The Morgan fingerprint density at radius 1 is 0.773 bits per heavy atom. The summed E-state index contributed by atoms with van der Waals surface area (Å²) in [5.41, 5.74) is -2.43. The van der Waals surface area contributed by atoms with E-state index in [1.54, 1.807) is 13.8 Å². The van der Waals surface area contributed by atoms with Gasteiger partial charge in [0.15, 0.2) is 6.29 Å². The number of hydrogen-bond acceptors (Lipinski definition) is 9. The van der Waals surface area contributed by atoms with Gasteiger partial charge >= 0.3 is 0 Å². The fourth-order valence-corrected chi connectivity index (χ4v) is 13.4. The highest BCUT2D eigenvalue weighted by Gasteiger charge is 2.85. The standard InChI is InChI=1S/C35H58O9/c1-29(2)20-8-9-21-31(5)14-18(36)27(32(6)12-10-24(44-32)30(3,4)41)33(31,7)22(38)15-35(21)17-34(20,35)13-11-23(29)43-28-26(40)25(39)19(37)16-42-28/h18-28,36-41H,8-17H2,1-7H3/t18-,19+,20-,21-,22+,23-,24-,25-,26+,27+,28-,31-,32+,33+,34+,35-/m0/s1. The minimum atomic E-state index is -1.30. The fraction of sp³-hybridized carbons (Fsp3) is 1.00. The zero-order valence-corrected chi connectivity index (χ0v) is 27.8. The van der Waals surface area contributed by atoms with Gasteiger partial charge in [-0.25, -0.2) is 0 Å². The maximum absolute atomic E-state index is 12.4. The largest absolute Gasteiger partial charge is 0.393 e. The van der Waals surface area contributed by atoms with Crippen molar-refractivity contribution in [3.05, 3.63) is 0 Å². The smallest absolute Gasteiger partial charge is 0.186 e. The normalized spacial score (nSPS) is 59.8. The van der Waals surface area contributed by atoms with Crippen LogP contribution in [0.3, 0.4) is 0 Å². The first-order chi connectivity index (χ1) is 20.3. The third-order valence-electron chi connectivity index (χ3n) is 15.6. The van der Waals surface area contributed by atoms with Crippen LogP contribution >= 0.6 is 0 Å². The Labute approximate surface area is 262 Å². The molecule has 2 spiro atoms. The van der Waals surface area contributed by atoms with Crippen LogP contribution in [0, 0.1) is 44.8 Å². The predicted octanol–water partition coefficient (Wildman–Crippen LogP) is 2.90. The zero-order chi connectivity index (χ0) is 32.0. The van der Waals surface area contributed by atoms with Crippen molar-refractivity contribution in [2.24, 2.45) is 44.8 Å². The second-order valence-electron chi connectivity index (χ2n) is 18.2. The summed E-state index contributed by atoms with van der Waals surface area (Å²) in [6.45, 7) is 14.7. The Balaban J connectivity index is 1.15. The minimum absolute atomic E-state index is 0.0225. The van der Waals surface area contributed by atoms with E-state index in [0.29, 0.717) is 18.3 Å². The van der Waals surface area contributed by atoms with E-state index in [1.165, 1.54) is 0 Å². The van der Waals surface area contributed by atoms with E-state index in [9.17, 15) is 30.6 Å². The number of aliphatic hydroxyl groups excluding tert-OH is 5. The van der Waals surface area contributed by atoms with E-state index >= 15 is 0 Å². The minimum Gasteiger partial charge on any atom is -0.393 e. The van der Waals surface area contributed by atoms with E-state index in [-0.39, 0.29) is 46.4 Å². The lowest BCUT2D eigenvalue weighted by atomic mass is 9.41. The Bertz CT molecular complexity index is 1160. The molecule has 9 heteroatoms. The first-order valence-electron chi connectivity index (χ1n) is 17.4. The molecule has 44 heavy (non-hydrogen) atoms. The highest BCUT2D eigenvalue weighted by molar-refractivity contribution is 5.33. The molecule has 7 fully saturated rings. The third kappa shape index (κ3) is 3.91. The molecular formula is C35H58O9. The quantitative estimate of drug-likeness (QED) is 0.260. The molecule has 16 atom stereocenters. The van der Waals surface area contributed by atoms with E-state index in [0.717, 1.165) is 51.4 Å². The lowest BCUT2D eigenvalue weighted by molar-refractivity contribution is -0.303. The molecule has 7 aliphatic rings. The first kappa shape index (κ1) is 32.2. The summed E-state index contributed by atoms with van der Waals surface area (Å²) in [5, 5.41) is 65.7. The van der Waals surface area contributed by atoms with Crippen molar-refractivity contribution < 1.29 is 44.8 Å². The molecule has 0 aromatic carbocycles. The Hall–Kier alpha value is -0.360. The Morgan fingerprint density at radius 2 is 1.45 bits per heavy atom. The molecule has 252 valence electrons. The van der Waals surface area contributed by atoms with Crippen molar-refractivity contribution in [1.29, 1.82) is 0 Å². The molecule has 0 amide bonds. The van der Waals surface area contributed by atoms with Crippen LogP contribution in [0.2, 0.25) is 0 Å². The molecule has 0 aromatic rings. The Morgan fingerprint density at radius 3 is 2.11 bits per heavy atom. The molecular weight excluding hydrogens is 564 g/mol. The fourth-order valence-electron chi connectivity index (χ4n) is 13.4. The maximum Gasteiger partial charge on any atom is 0.186 e. The van der Waals surface area contributed by atoms with Crippen molar-refractivity contribution in [2.45, 2.75) is 166 Å². The molecule has 9 nitrogen and oxygen atoms in total. The SMILES string of the molecule is CC(C)(O)[C@@H]1CC[C@](C)([C@H]2[C@@H](O)C[C@@]3(C)[C@@H]4CC[C@H]5C(C)(C)[C@@H](O[C@@H]6OC[C@@H](O)[C@H](O)[C@H]6O)CC[C@@]56C[C@@]46C[C@@H](O)[C@]23C)O1. The van der Waals surface area contributed by atoms with Gasteiger partial charge in [0, 0.05) is 11.3 Å². The first-order valence-corrected chi connectivity index (χ1v) is 17.4. The second kappa shape index (κ2) is 9.63. The van der Waals surface area contributed by atoms with Gasteiger partial charge < -0.3 is 44.8 Å². The molecule has 7 rings (SSSR count). The maximum atomic E-state index is 12.4. The topological polar surface area (TPSA) is 149 Å². The van der Waals surface area contributed by atoms with Crippen molar-refractivity contribution in [3.8, 4) is 0 Å². The van der Waals surface area contributed by atoms with Gasteiger partial charge in [0.05, 0.1) is 42.2 Å². The molecule has 0 bridgehead atoms. The van der Waals surface area contributed by atoms with E-state index in [4.69, 9.17) is 14.2 Å². The van der Waals surface area contributed by atoms with Crippen LogP contribution in [0.15, 0.2) is 0 Å². The summed E-state index contributed by atoms with van der Waals surface area (Å²) < 4.78 is 18.7. The van der Waals surface area contributed by atoms with Gasteiger partial charge in [-0.05, 0) is 112 Å². The van der Waals surface area contributed by atoms with Gasteiger partial charge in [0.2, 0.25) is 0 Å². The highest BCUT2D eigenvalue weighted by atomic mass is 16.7. The number of ether oxygens (including phenoxy) is 3. The van der Waals surface area contributed by atoms with Crippen LogP contribution < -0.4 is 0 Å². The Kier molecular flexibility index (Phi) is 7.04. The number of hydrogen-bond donors (Lipinski definition) is 6. The van der Waals surface area contributed by atoms with Crippen molar-refractivity contribution >= 4 is 0 Å². The summed E-state index contributed by atoms with van der Waals surface area (Å²) in [6, 6.07) is 0. The lowest BCUT2D eigenvalue weighted by Crippen LogP contribution is -2.64. The van der Waals surface area contributed by atoms with Gasteiger partial charge in [-0.1, -0.05) is 27.7 Å². The molecule has 6 N–H and O–H groups in total. The summed E-state index contributed by atoms with van der Waals surface area (Å²) in [5.74, 6) is 0.554. The van der Waals surface area contributed by atoms with E-state index in [2.05, 4.69) is 34.6 Å². The molecule has 2 saturated heterocycles. The van der Waals surface area contributed by atoms with Crippen LogP contribution in [0.1, 0.15) is 106 Å². The summed E-state index contributed by atoms with van der Waals surface area (Å²) in [7, 11) is 0. The van der Waals surface area contributed by atoms with E-state index < -0.39 is 53.4 Å². The van der Waals surface area contributed by atoms with Crippen molar-refractivity contribution in [2.75, 3.05) is 6.61 Å². The average Bonchev–Trinajstić information content (AvgIpc) is 3.28. The molecule has 2 aliphatic heterocycles. The number of rotatable bonds is 4. The van der Waals surface area contributed by atoms with Crippen molar-refractivity contribution in [1.82, 2.24) is 0 Å². The summed E-state index contributed by atoms with van der Waals surface area (Å²) in [6.07, 6.45) is 1.57. The van der Waals surface area contributed by atoms with E-state index in [1.807, 2.05) is 0 Å². The van der Waals surface area contributed by atoms with Crippen LogP contribution in [0.5, 0.6) is 0 Å². The molecule has 0 aromatic heterocycles. The van der Waals surface area contributed by atoms with Gasteiger partial charge in [-0.15, -0.1) is 0 Å². The van der Waals surface area contributed by atoms with Crippen LogP contribution in [-0.4, -0.2) is 97.5 Å². The van der Waals surface area contributed by atoms with Gasteiger partial charge in [0.25, 0.3) is 0 Å². The summed E-state index contributed by atoms with van der Waals surface area (Å²) in [4.78, 5) is 0. The van der Waals surface area contributed by atoms with Crippen LogP contribution in [0.25, 0.3) is 0 Å². The molecule has 0 unspecified atom stereocenters. The van der Waals surface area contributed by atoms with Gasteiger partial charge in [-0.2, -0.15) is 0 Å². The lowest BCUT2D eigenvalue weighted by Gasteiger charge is -2.65. The third-order valence-corrected chi connectivity index (χ3v) is 15.6. The van der Waals surface area contributed by atoms with Gasteiger partial charge in [-0.3, -0.25) is 0 Å². The average molecular weight is 623 g/mol. The molecule has 2 heterocycles. The zero-order valence-electron chi connectivity index (χ0n) is 27.8. The van der Waals surface area contributed by atoms with Crippen LogP contribution in [0.4, 0.5) is 0 Å².